The second kappa shape index (κ2) is 14.9. The zero-order valence-electron chi connectivity index (χ0n) is 27.9. The zero-order valence-corrected chi connectivity index (χ0v) is 30.9. The Kier molecular flexibility index (Phi) is 11.2. The molecule has 2 aliphatic rings. The van der Waals surface area contributed by atoms with Crippen LogP contribution < -0.4 is 16.4 Å². The van der Waals surface area contributed by atoms with Crippen LogP contribution in [0.2, 0.25) is 0 Å². The molecular weight excluding hydrogens is 770 g/mol. The molecule has 6 rings (SSSR count). The molecule has 2 aliphatic heterocycles. The van der Waals surface area contributed by atoms with Crippen molar-refractivity contribution in [3.8, 4) is 11.3 Å². The molecule has 3 nitrogen and oxygen atoms in total. The van der Waals surface area contributed by atoms with E-state index < -0.39 is 10.8 Å². The molecule has 45 heavy (non-hydrogen) atoms. The number of benzene rings is 3. The largest absolute Gasteiger partial charge is 0.512 e. The molecule has 0 amide bonds. The van der Waals surface area contributed by atoms with E-state index in [1.807, 2.05) is 83.4 Å². The average Bonchev–Trinajstić information content (AvgIpc) is 3.10. The van der Waals surface area contributed by atoms with Gasteiger partial charge in [-0.3, -0.25) is 4.79 Å². The molecule has 0 aliphatic carbocycles. The van der Waals surface area contributed by atoms with Gasteiger partial charge in [0.15, 0.2) is 5.78 Å². The van der Waals surface area contributed by atoms with Crippen molar-refractivity contribution in [3.05, 3.63) is 96.9 Å². The van der Waals surface area contributed by atoms with E-state index in [-0.39, 0.29) is 44.4 Å². The maximum absolute atomic E-state index is 12.3. The molecule has 0 atom stereocenters. The normalized spacial score (nSPS) is 13.9. The molecule has 0 spiro atoms. The van der Waals surface area contributed by atoms with Crippen molar-refractivity contribution in [2.45, 2.75) is 86.8 Å². The van der Waals surface area contributed by atoms with Crippen molar-refractivity contribution in [2.24, 2.45) is 10.8 Å². The van der Waals surface area contributed by atoms with Crippen LogP contribution in [0.25, 0.3) is 11.3 Å². The van der Waals surface area contributed by atoms with Gasteiger partial charge in [0.1, 0.15) is 5.76 Å². The first kappa shape index (κ1) is 33.8. The second-order valence-corrected chi connectivity index (χ2v) is 14.2. The molecule has 1 N–H and O–H groups in total. The SMILES string of the molecule is [2H]/C(C(=O)C(C)(CC)CC)=C(/O)C(C)(CC)CC.[Ir].[c-]1ccc2c(c1-c1ccccn1)Sc1cccc3c1B2c1ccccc1S3. The van der Waals surface area contributed by atoms with Crippen LogP contribution in [-0.2, 0) is 24.9 Å². The Morgan fingerprint density at radius 3 is 2.13 bits per heavy atom. The monoisotopic (exact) mass is 812 g/mol. The van der Waals surface area contributed by atoms with E-state index in [1.54, 1.807) is 0 Å². The molecule has 1 radical (unpaired) electrons. The van der Waals surface area contributed by atoms with Gasteiger partial charge in [0.25, 0.3) is 0 Å². The Morgan fingerprint density at radius 2 is 1.49 bits per heavy atom. The molecule has 0 bridgehead atoms. The van der Waals surface area contributed by atoms with Crippen molar-refractivity contribution in [1.82, 2.24) is 4.98 Å². The first-order chi connectivity index (χ1) is 21.6. The molecule has 0 saturated heterocycles. The number of nitrogens with zero attached hydrogens (tertiary/aromatic N) is 1. The molecule has 235 valence electrons. The Hall–Kier alpha value is -2.57. The number of rotatable bonds is 8. The Labute approximate surface area is 293 Å². The first-order valence-electron chi connectivity index (χ1n) is 16.1. The van der Waals surface area contributed by atoms with Crippen LogP contribution in [0.1, 0.15) is 68.6 Å². The number of fused-ring (bicyclic) bond motifs is 4. The maximum atomic E-state index is 12.3. The standard InChI is InChI=1S/C23H13BNS2.C15H28O2.Ir/c1-2-11-19-16(8-1)24-17-9-5-7-15(18-10-3-4-14-25-18)23(17)27-21-13-6-12-20(26-19)22(21)24;1-7-14(5,8-2)12(16)11-13(17)15(6,9-3)10-4;/h1-6,8-14H;11,16H,7-10H2,1-6H3;/q-1;;/b;12-11-;/i;11D;. The van der Waals surface area contributed by atoms with Crippen molar-refractivity contribution >= 4 is 52.4 Å². The smallest absolute Gasteiger partial charge is 0.228 e. The molecule has 3 heterocycles. The summed E-state index contributed by atoms with van der Waals surface area (Å²) in [5.74, 6) is -0.288. The molecule has 7 heteroatoms. The van der Waals surface area contributed by atoms with E-state index in [0.29, 0.717) is 12.8 Å². The van der Waals surface area contributed by atoms with Gasteiger partial charge in [-0.25, -0.2) is 0 Å². The molecule has 0 unspecified atom stereocenters. The summed E-state index contributed by atoms with van der Waals surface area (Å²) in [5.41, 5.74) is 5.32. The molecule has 3 aromatic carbocycles. The first-order valence-corrected chi connectivity index (χ1v) is 17.2. The topological polar surface area (TPSA) is 50.2 Å². The van der Waals surface area contributed by atoms with Gasteiger partial charge >= 0.3 is 0 Å². The second-order valence-electron chi connectivity index (χ2n) is 12.0. The number of aliphatic hydroxyl groups excluding tert-OH is 1. The van der Waals surface area contributed by atoms with E-state index in [2.05, 4.69) is 71.7 Å². The summed E-state index contributed by atoms with van der Waals surface area (Å²) in [6.07, 6.45) is 4.68. The van der Waals surface area contributed by atoms with Crippen LogP contribution in [0, 0.1) is 16.9 Å². The van der Waals surface area contributed by atoms with Gasteiger partial charge in [0.05, 0.1) is 1.37 Å². The van der Waals surface area contributed by atoms with Gasteiger partial charge in [-0.1, -0.05) is 100 Å². The Morgan fingerprint density at radius 1 is 0.867 bits per heavy atom. The summed E-state index contributed by atoms with van der Waals surface area (Å²) >= 11 is 3.75. The molecule has 0 fully saturated rings. The number of carbonyl (C=O) groups is 1. The van der Waals surface area contributed by atoms with Crippen molar-refractivity contribution in [3.63, 3.8) is 0 Å². The zero-order chi connectivity index (χ0) is 32.4. The van der Waals surface area contributed by atoms with Gasteiger partial charge in [-0.05, 0) is 66.0 Å². The van der Waals surface area contributed by atoms with Crippen molar-refractivity contribution < 1.29 is 31.4 Å². The summed E-state index contributed by atoms with van der Waals surface area (Å²) in [6.45, 7) is 11.9. The van der Waals surface area contributed by atoms with E-state index in [9.17, 15) is 9.90 Å². The summed E-state index contributed by atoms with van der Waals surface area (Å²) in [7, 11) is 0. The van der Waals surface area contributed by atoms with Gasteiger partial charge in [-0.15, -0.1) is 41.0 Å². The van der Waals surface area contributed by atoms with Crippen LogP contribution in [0.4, 0.5) is 0 Å². The van der Waals surface area contributed by atoms with E-state index in [1.165, 1.54) is 36.0 Å². The van der Waals surface area contributed by atoms with Crippen LogP contribution in [-0.4, -0.2) is 22.6 Å². The fourth-order valence-corrected chi connectivity index (χ4v) is 8.12. The molecule has 1 aromatic heterocycles. The predicted molar refractivity (Wildman–Crippen MR) is 187 cm³/mol. The minimum absolute atomic E-state index is 0. The minimum atomic E-state index is -0.534. The molecule has 0 saturated carbocycles. The summed E-state index contributed by atoms with van der Waals surface area (Å²) in [5, 5.41) is 10.2. The van der Waals surface area contributed by atoms with Crippen LogP contribution in [0.15, 0.2) is 110 Å². The Bertz CT molecular complexity index is 1740. The number of allylic oxidation sites excluding steroid dienone is 2. The number of carbonyl (C=O) groups excluding carboxylic acids is 1. The molecule has 4 aromatic rings. The third kappa shape index (κ3) is 6.93. The fraction of sp³-hybridized carbons (Fsp3) is 0.316. The molecular formula is C38H41BIrNO2S2-. The summed E-state index contributed by atoms with van der Waals surface area (Å²) in [4.78, 5) is 22.3. The van der Waals surface area contributed by atoms with Crippen LogP contribution in [0.5, 0.6) is 0 Å². The fourth-order valence-electron chi connectivity index (χ4n) is 5.61. The van der Waals surface area contributed by atoms with E-state index in [0.717, 1.165) is 24.1 Å². The third-order valence-corrected chi connectivity index (χ3v) is 12.0. The number of hydrogen-bond acceptors (Lipinski definition) is 5. The van der Waals surface area contributed by atoms with Gasteiger partial charge in [0, 0.05) is 53.0 Å². The maximum Gasteiger partial charge on any atom is 0.228 e. The quantitative estimate of drug-likeness (QED) is 0.0723. The number of aliphatic hydroxyl groups is 1. The van der Waals surface area contributed by atoms with Crippen LogP contribution in [0.3, 0.4) is 0 Å². The van der Waals surface area contributed by atoms with Crippen molar-refractivity contribution in [1.29, 1.82) is 0 Å². The summed E-state index contributed by atoms with van der Waals surface area (Å²) < 4.78 is 7.99. The number of aromatic nitrogens is 1. The van der Waals surface area contributed by atoms with E-state index >= 15 is 0 Å². The average molecular weight is 812 g/mol. The van der Waals surface area contributed by atoms with E-state index in [4.69, 9.17) is 1.37 Å². The van der Waals surface area contributed by atoms with Crippen LogP contribution >= 0.6 is 23.5 Å². The van der Waals surface area contributed by atoms with Gasteiger partial charge in [-0.2, -0.15) is 0 Å². The number of pyridine rings is 1. The minimum Gasteiger partial charge on any atom is -0.512 e. The number of hydrogen-bond donors (Lipinski definition) is 1. The Balaban J connectivity index is 0.000000225. The van der Waals surface area contributed by atoms with Gasteiger partial charge in [0.2, 0.25) is 6.71 Å². The third-order valence-electron chi connectivity index (χ3n) is 9.66. The van der Waals surface area contributed by atoms with Gasteiger partial charge < -0.3 is 10.1 Å². The predicted octanol–water partition coefficient (Wildman–Crippen LogP) is 8.64. The summed E-state index contributed by atoms with van der Waals surface area (Å²) in [6, 6.07) is 29.1. The van der Waals surface area contributed by atoms with Crippen molar-refractivity contribution in [2.75, 3.05) is 0 Å². The number of ketones is 1.